The molecule has 0 saturated heterocycles. The maximum Gasteiger partial charge on any atom is 0.122 e. The summed E-state index contributed by atoms with van der Waals surface area (Å²) < 4.78 is 5.16. The summed E-state index contributed by atoms with van der Waals surface area (Å²) in [7, 11) is 1.64. The van der Waals surface area contributed by atoms with Gasteiger partial charge in [-0.25, -0.2) is 0 Å². The summed E-state index contributed by atoms with van der Waals surface area (Å²) in [6.07, 6.45) is 0.489. The Kier molecular flexibility index (Phi) is 2.90. The molecule has 0 aliphatic heterocycles. The van der Waals surface area contributed by atoms with Crippen LogP contribution in [0.15, 0.2) is 18.2 Å². The van der Waals surface area contributed by atoms with Crippen LogP contribution in [0.4, 0.5) is 0 Å². The van der Waals surface area contributed by atoms with E-state index in [1.807, 2.05) is 25.1 Å². The molecule has 0 fully saturated rings. The molecular weight excluding hydrogens is 164 g/mol. The van der Waals surface area contributed by atoms with Crippen molar-refractivity contribution in [1.29, 1.82) is 5.41 Å². The summed E-state index contributed by atoms with van der Waals surface area (Å²) in [5, 5.41) is 7.19. The number of nitrogens with one attached hydrogen (secondary N) is 1. The molecule has 0 atom stereocenters. The molecule has 0 heterocycles. The van der Waals surface area contributed by atoms with E-state index in [1.54, 1.807) is 7.11 Å². The molecule has 3 N–H and O–H groups in total. The number of hydrogen-bond acceptors (Lipinski definition) is 2. The van der Waals surface area contributed by atoms with Crippen LogP contribution >= 0.6 is 0 Å². The molecule has 0 unspecified atom stereocenters. The molecular formula is C10H14N2O. The minimum absolute atomic E-state index is 0.177. The van der Waals surface area contributed by atoms with Crippen LogP contribution in [0.25, 0.3) is 0 Å². The number of amidine groups is 1. The first-order valence-electron chi connectivity index (χ1n) is 4.10. The maximum absolute atomic E-state index is 7.19. The van der Waals surface area contributed by atoms with Crippen molar-refractivity contribution >= 4 is 5.84 Å². The second-order valence-electron chi connectivity index (χ2n) is 2.95. The van der Waals surface area contributed by atoms with E-state index >= 15 is 0 Å². The fourth-order valence-corrected chi connectivity index (χ4v) is 1.28. The van der Waals surface area contributed by atoms with Gasteiger partial charge in [-0.3, -0.25) is 5.41 Å². The van der Waals surface area contributed by atoms with Crippen molar-refractivity contribution < 1.29 is 4.74 Å². The average Bonchev–Trinajstić information content (AvgIpc) is 2.08. The van der Waals surface area contributed by atoms with Crippen LogP contribution < -0.4 is 10.5 Å². The molecule has 0 bridgehead atoms. The fraction of sp³-hybridized carbons (Fsp3) is 0.300. The van der Waals surface area contributed by atoms with E-state index in [2.05, 4.69) is 0 Å². The van der Waals surface area contributed by atoms with E-state index in [9.17, 15) is 0 Å². The van der Waals surface area contributed by atoms with Crippen LogP contribution in [0, 0.1) is 12.3 Å². The molecule has 3 heteroatoms. The Morgan fingerprint density at radius 2 is 2.23 bits per heavy atom. The van der Waals surface area contributed by atoms with E-state index in [0.717, 1.165) is 16.9 Å². The highest BCUT2D eigenvalue weighted by Gasteiger charge is 2.04. The molecule has 1 aromatic carbocycles. The van der Waals surface area contributed by atoms with Gasteiger partial charge in [0.2, 0.25) is 0 Å². The predicted octanol–water partition coefficient (Wildman–Crippen LogP) is 1.48. The minimum atomic E-state index is 0.177. The highest BCUT2D eigenvalue weighted by atomic mass is 16.5. The first-order valence-corrected chi connectivity index (χ1v) is 4.10. The molecule has 0 saturated carbocycles. The van der Waals surface area contributed by atoms with Crippen molar-refractivity contribution in [1.82, 2.24) is 0 Å². The van der Waals surface area contributed by atoms with Gasteiger partial charge in [0.15, 0.2) is 0 Å². The number of methoxy groups -OCH3 is 1. The summed E-state index contributed by atoms with van der Waals surface area (Å²) in [4.78, 5) is 0. The second-order valence-corrected chi connectivity index (χ2v) is 2.95. The smallest absolute Gasteiger partial charge is 0.122 e. The average molecular weight is 178 g/mol. The number of ether oxygens (including phenoxy) is 1. The van der Waals surface area contributed by atoms with Crippen molar-refractivity contribution in [3.05, 3.63) is 29.3 Å². The quantitative estimate of drug-likeness (QED) is 0.544. The Balaban J connectivity index is 3.01. The lowest BCUT2D eigenvalue weighted by molar-refractivity contribution is 0.411. The first-order chi connectivity index (χ1) is 6.15. The van der Waals surface area contributed by atoms with Crippen LogP contribution in [-0.4, -0.2) is 12.9 Å². The van der Waals surface area contributed by atoms with Crippen LogP contribution in [0.3, 0.4) is 0 Å². The van der Waals surface area contributed by atoms with E-state index in [-0.39, 0.29) is 5.84 Å². The molecule has 0 aliphatic rings. The summed E-state index contributed by atoms with van der Waals surface area (Å²) in [6.45, 7) is 1.97. The molecule has 0 aromatic heterocycles. The summed E-state index contributed by atoms with van der Waals surface area (Å²) in [5.74, 6) is 1.02. The zero-order valence-corrected chi connectivity index (χ0v) is 7.92. The summed E-state index contributed by atoms with van der Waals surface area (Å²) in [6, 6.07) is 5.77. The molecule has 70 valence electrons. The molecule has 3 nitrogen and oxygen atoms in total. The van der Waals surface area contributed by atoms with Crippen LogP contribution in [-0.2, 0) is 6.42 Å². The van der Waals surface area contributed by atoms with Crippen LogP contribution in [0.5, 0.6) is 5.75 Å². The monoisotopic (exact) mass is 178 g/mol. The Labute approximate surface area is 78.0 Å². The topological polar surface area (TPSA) is 59.1 Å². The van der Waals surface area contributed by atoms with E-state index < -0.39 is 0 Å². The standard InChI is InChI=1S/C10H14N2O/c1-7-8(6-10(11)12)4-3-5-9(7)13-2/h3-5H,6H2,1-2H3,(H3,11,12). The van der Waals surface area contributed by atoms with E-state index in [0.29, 0.717) is 6.42 Å². The number of rotatable bonds is 3. The lowest BCUT2D eigenvalue weighted by atomic mass is 10.0. The largest absolute Gasteiger partial charge is 0.496 e. The first kappa shape index (κ1) is 9.58. The van der Waals surface area contributed by atoms with Gasteiger partial charge < -0.3 is 10.5 Å². The van der Waals surface area contributed by atoms with Crippen molar-refractivity contribution in [3.8, 4) is 5.75 Å². The van der Waals surface area contributed by atoms with Gasteiger partial charge in [0.05, 0.1) is 12.9 Å². The normalized spacial score (nSPS) is 9.69. The van der Waals surface area contributed by atoms with Crippen molar-refractivity contribution in [2.45, 2.75) is 13.3 Å². The zero-order chi connectivity index (χ0) is 9.84. The van der Waals surface area contributed by atoms with Crippen LogP contribution in [0.1, 0.15) is 11.1 Å². The zero-order valence-electron chi connectivity index (χ0n) is 7.92. The molecule has 13 heavy (non-hydrogen) atoms. The molecule has 0 spiro atoms. The van der Waals surface area contributed by atoms with Gasteiger partial charge in [-0.1, -0.05) is 12.1 Å². The van der Waals surface area contributed by atoms with Gasteiger partial charge >= 0.3 is 0 Å². The van der Waals surface area contributed by atoms with Gasteiger partial charge in [-0.05, 0) is 24.1 Å². The van der Waals surface area contributed by atoms with Gasteiger partial charge in [0, 0.05) is 6.42 Å². The minimum Gasteiger partial charge on any atom is -0.496 e. The summed E-state index contributed by atoms with van der Waals surface area (Å²) >= 11 is 0. The Hall–Kier alpha value is -1.51. The van der Waals surface area contributed by atoms with E-state index in [1.165, 1.54) is 0 Å². The Morgan fingerprint density at radius 1 is 1.54 bits per heavy atom. The lowest BCUT2D eigenvalue weighted by Gasteiger charge is -2.08. The van der Waals surface area contributed by atoms with Gasteiger partial charge in [-0.2, -0.15) is 0 Å². The number of benzene rings is 1. The van der Waals surface area contributed by atoms with E-state index in [4.69, 9.17) is 15.9 Å². The third kappa shape index (κ3) is 2.21. The third-order valence-electron chi connectivity index (χ3n) is 2.00. The Morgan fingerprint density at radius 3 is 2.77 bits per heavy atom. The molecule has 0 amide bonds. The molecule has 0 aliphatic carbocycles. The molecule has 1 rings (SSSR count). The SMILES string of the molecule is COc1cccc(CC(=N)N)c1C. The summed E-state index contributed by atoms with van der Waals surface area (Å²) in [5.41, 5.74) is 7.43. The van der Waals surface area contributed by atoms with Crippen molar-refractivity contribution in [2.24, 2.45) is 5.73 Å². The van der Waals surface area contributed by atoms with Gasteiger partial charge in [0.1, 0.15) is 5.75 Å². The maximum atomic E-state index is 7.19. The van der Waals surface area contributed by atoms with Crippen molar-refractivity contribution in [2.75, 3.05) is 7.11 Å². The molecule has 1 aromatic rings. The predicted molar refractivity (Wildman–Crippen MR) is 53.3 cm³/mol. The van der Waals surface area contributed by atoms with Crippen LogP contribution in [0.2, 0.25) is 0 Å². The lowest BCUT2D eigenvalue weighted by Crippen LogP contribution is -2.13. The number of hydrogen-bond donors (Lipinski definition) is 2. The highest BCUT2D eigenvalue weighted by Crippen LogP contribution is 2.20. The third-order valence-corrected chi connectivity index (χ3v) is 2.00. The number of nitrogens with two attached hydrogens (primary N) is 1. The van der Waals surface area contributed by atoms with Crippen molar-refractivity contribution in [3.63, 3.8) is 0 Å². The van der Waals surface area contributed by atoms with Gasteiger partial charge in [-0.15, -0.1) is 0 Å². The second kappa shape index (κ2) is 3.94. The van der Waals surface area contributed by atoms with Gasteiger partial charge in [0.25, 0.3) is 0 Å². The highest BCUT2D eigenvalue weighted by molar-refractivity contribution is 5.80. The Bertz CT molecular complexity index is 321. The molecule has 0 radical (unpaired) electrons. The fourth-order valence-electron chi connectivity index (χ4n) is 1.28.